The molecular formula is C15H10N4OS2. The molecule has 4 rings (SSSR count). The molecule has 0 atom stereocenters. The van der Waals surface area contributed by atoms with E-state index in [0.717, 1.165) is 16.3 Å². The van der Waals surface area contributed by atoms with Crippen molar-refractivity contribution in [3.63, 3.8) is 0 Å². The number of fused-ring (bicyclic) bond motifs is 1. The summed E-state index contributed by atoms with van der Waals surface area (Å²) >= 11 is 3.21. The molecule has 0 aliphatic rings. The Morgan fingerprint density at radius 3 is 2.91 bits per heavy atom. The van der Waals surface area contributed by atoms with E-state index in [1.807, 2.05) is 29.0 Å². The van der Waals surface area contributed by atoms with Crippen molar-refractivity contribution in [1.29, 1.82) is 0 Å². The van der Waals surface area contributed by atoms with Gasteiger partial charge in [-0.15, -0.1) is 16.4 Å². The van der Waals surface area contributed by atoms with Crippen LogP contribution in [0, 0.1) is 0 Å². The SMILES string of the molecule is O=c1c2ccccc2nnn1Cc1csc(-c2ccsc2)n1. The quantitative estimate of drug-likeness (QED) is 0.580. The van der Waals surface area contributed by atoms with Crippen LogP contribution in [-0.4, -0.2) is 20.0 Å². The molecule has 7 heteroatoms. The number of rotatable bonds is 3. The van der Waals surface area contributed by atoms with Crippen LogP contribution in [0.25, 0.3) is 21.5 Å². The Bertz CT molecular complexity index is 988. The van der Waals surface area contributed by atoms with Gasteiger partial charge >= 0.3 is 0 Å². The van der Waals surface area contributed by atoms with Crippen LogP contribution in [0.2, 0.25) is 0 Å². The predicted octanol–water partition coefficient (Wildman–Crippen LogP) is 3.02. The molecule has 4 aromatic rings. The third-order valence-electron chi connectivity index (χ3n) is 3.26. The van der Waals surface area contributed by atoms with Gasteiger partial charge in [-0.3, -0.25) is 4.79 Å². The lowest BCUT2D eigenvalue weighted by molar-refractivity contribution is 0.594. The number of benzene rings is 1. The van der Waals surface area contributed by atoms with Crippen molar-refractivity contribution in [1.82, 2.24) is 20.0 Å². The Morgan fingerprint density at radius 1 is 1.14 bits per heavy atom. The van der Waals surface area contributed by atoms with E-state index < -0.39 is 0 Å². The van der Waals surface area contributed by atoms with E-state index in [1.54, 1.807) is 34.8 Å². The first kappa shape index (κ1) is 13.3. The van der Waals surface area contributed by atoms with Crippen LogP contribution < -0.4 is 5.56 Å². The van der Waals surface area contributed by atoms with Crippen molar-refractivity contribution in [2.24, 2.45) is 0 Å². The third-order valence-corrected chi connectivity index (χ3v) is 4.88. The van der Waals surface area contributed by atoms with Crippen molar-refractivity contribution >= 4 is 33.6 Å². The number of hydrogen-bond acceptors (Lipinski definition) is 6. The minimum atomic E-state index is -0.143. The highest BCUT2D eigenvalue weighted by Crippen LogP contribution is 2.25. The molecular weight excluding hydrogens is 316 g/mol. The zero-order valence-electron chi connectivity index (χ0n) is 11.3. The van der Waals surface area contributed by atoms with Gasteiger partial charge < -0.3 is 0 Å². The maximum atomic E-state index is 12.4. The lowest BCUT2D eigenvalue weighted by Gasteiger charge is -2.02. The Hall–Kier alpha value is -2.38. The van der Waals surface area contributed by atoms with Crippen molar-refractivity contribution in [2.45, 2.75) is 6.54 Å². The van der Waals surface area contributed by atoms with Gasteiger partial charge in [0.2, 0.25) is 0 Å². The zero-order chi connectivity index (χ0) is 14.9. The fourth-order valence-corrected chi connectivity index (χ4v) is 3.70. The average Bonchev–Trinajstić information content (AvgIpc) is 3.21. The minimum Gasteiger partial charge on any atom is -0.267 e. The van der Waals surface area contributed by atoms with Crippen molar-refractivity contribution < 1.29 is 0 Å². The van der Waals surface area contributed by atoms with E-state index in [1.165, 1.54) is 4.68 Å². The van der Waals surface area contributed by atoms with Gasteiger partial charge in [0.05, 0.1) is 17.6 Å². The molecule has 0 aliphatic carbocycles. The highest BCUT2D eigenvalue weighted by Gasteiger charge is 2.09. The summed E-state index contributed by atoms with van der Waals surface area (Å²) in [4.78, 5) is 17.0. The Balaban J connectivity index is 1.69. The van der Waals surface area contributed by atoms with Gasteiger partial charge in [-0.1, -0.05) is 17.3 Å². The fraction of sp³-hybridized carbons (Fsp3) is 0.0667. The molecule has 0 unspecified atom stereocenters. The van der Waals surface area contributed by atoms with Crippen LogP contribution in [0.15, 0.2) is 51.3 Å². The number of nitrogens with zero attached hydrogens (tertiary/aromatic N) is 4. The number of thiophene rings is 1. The smallest absolute Gasteiger partial charge is 0.267 e. The minimum absolute atomic E-state index is 0.143. The number of aromatic nitrogens is 4. The third kappa shape index (κ3) is 2.34. The van der Waals surface area contributed by atoms with Crippen LogP contribution in [0.1, 0.15) is 5.69 Å². The van der Waals surface area contributed by atoms with Gasteiger partial charge in [0.1, 0.15) is 10.5 Å². The van der Waals surface area contributed by atoms with E-state index in [-0.39, 0.29) is 5.56 Å². The van der Waals surface area contributed by atoms with Crippen molar-refractivity contribution in [2.75, 3.05) is 0 Å². The Morgan fingerprint density at radius 2 is 2.05 bits per heavy atom. The predicted molar refractivity (Wildman–Crippen MR) is 88.3 cm³/mol. The molecule has 22 heavy (non-hydrogen) atoms. The summed E-state index contributed by atoms with van der Waals surface area (Å²) in [7, 11) is 0. The van der Waals surface area contributed by atoms with Gasteiger partial charge in [-0.05, 0) is 23.6 Å². The average molecular weight is 326 g/mol. The highest BCUT2D eigenvalue weighted by atomic mass is 32.1. The molecule has 0 amide bonds. The summed E-state index contributed by atoms with van der Waals surface area (Å²) in [5.41, 5.74) is 2.40. The summed E-state index contributed by atoms with van der Waals surface area (Å²) < 4.78 is 1.36. The molecule has 0 saturated heterocycles. The van der Waals surface area contributed by atoms with Crippen LogP contribution in [0.4, 0.5) is 0 Å². The number of thiazole rings is 1. The second-order valence-corrected chi connectivity index (χ2v) is 6.36. The topological polar surface area (TPSA) is 60.7 Å². The maximum absolute atomic E-state index is 12.4. The molecule has 0 N–H and O–H groups in total. The lowest BCUT2D eigenvalue weighted by atomic mass is 10.2. The van der Waals surface area contributed by atoms with Crippen molar-refractivity contribution in [3.8, 4) is 10.6 Å². The molecule has 0 spiro atoms. The first-order chi connectivity index (χ1) is 10.8. The maximum Gasteiger partial charge on any atom is 0.277 e. The molecule has 5 nitrogen and oxygen atoms in total. The fourth-order valence-electron chi connectivity index (χ4n) is 2.18. The van der Waals surface area contributed by atoms with Gasteiger partial charge in [0.25, 0.3) is 5.56 Å². The zero-order valence-corrected chi connectivity index (χ0v) is 13.0. The summed E-state index contributed by atoms with van der Waals surface area (Å²) in [5, 5.41) is 15.6. The van der Waals surface area contributed by atoms with E-state index in [4.69, 9.17) is 0 Å². The van der Waals surface area contributed by atoms with Gasteiger partial charge in [0, 0.05) is 16.3 Å². The second-order valence-electron chi connectivity index (χ2n) is 4.73. The van der Waals surface area contributed by atoms with Crippen LogP contribution in [-0.2, 0) is 6.54 Å². The molecule has 3 heterocycles. The van der Waals surface area contributed by atoms with Crippen molar-refractivity contribution in [3.05, 3.63) is 62.5 Å². The molecule has 108 valence electrons. The molecule has 0 fully saturated rings. The molecule has 3 aromatic heterocycles. The first-order valence-corrected chi connectivity index (χ1v) is 8.43. The number of hydrogen-bond donors (Lipinski definition) is 0. The van der Waals surface area contributed by atoms with E-state index in [0.29, 0.717) is 17.4 Å². The normalized spacial score (nSPS) is 11.1. The summed E-state index contributed by atoms with van der Waals surface area (Å²) in [6.45, 7) is 0.331. The summed E-state index contributed by atoms with van der Waals surface area (Å²) in [5.74, 6) is 0. The molecule has 0 saturated carbocycles. The van der Waals surface area contributed by atoms with E-state index in [9.17, 15) is 4.79 Å². The van der Waals surface area contributed by atoms with Gasteiger partial charge in [-0.25, -0.2) is 9.67 Å². The summed E-state index contributed by atoms with van der Waals surface area (Å²) in [6.07, 6.45) is 0. The molecule has 0 radical (unpaired) electrons. The largest absolute Gasteiger partial charge is 0.277 e. The van der Waals surface area contributed by atoms with E-state index >= 15 is 0 Å². The van der Waals surface area contributed by atoms with Crippen LogP contribution in [0.5, 0.6) is 0 Å². The highest BCUT2D eigenvalue weighted by molar-refractivity contribution is 7.14. The van der Waals surface area contributed by atoms with E-state index in [2.05, 4.69) is 20.7 Å². The molecule has 1 aromatic carbocycles. The summed E-state index contributed by atoms with van der Waals surface area (Å²) in [6, 6.07) is 9.25. The second kappa shape index (κ2) is 5.43. The van der Waals surface area contributed by atoms with Gasteiger partial charge in [-0.2, -0.15) is 11.3 Å². The molecule has 0 aliphatic heterocycles. The standard InChI is InChI=1S/C15H10N4OS2/c20-15-12-3-1-2-4-13(12)17-18-19(15)7-11-9-22-14(16-11)10-5-6-21-8-10/h1-6,8-9H,7H2. The monoisotopic (exact) mass is 326 g/mol. The molecule has 0 bridgehead atoms. The first-order valence-electron chi connectivity index (χ1n) is 6.61. The lowest BCUT2D eigenvalue weighted by Crippen LogP contribution is -2.24. The Kier molecular flexibility index (Phi) is 3.28. The van der Waals surface area contributed by atoms with Crippen LogP contribution >= 0.6 is 22.7 Å². The Labute approximate surface area is 133 Å². The van der Waals surface area contributed by atoms with Gasteiger partial charge in [0.15, 0.2) is 0 Å². The van der Waals surface area contributed by atoms with Crippen LogP contribution in [0.3, 0.4) is 0 Å².